The molecule has 6 nitrogen and oxygen atoms in total. The Hall–Kier alpha value is -4.33. The molecule has 6 rings (SSSR count). The summed E-state index contributed by atoms with van der Waals surface area (Å²) in [6.45, 7) is 4.93. The Bertz CT molecular complexity index is 1540. The summed E-state index contributed by atoms with van der Waals surface area (Å²) >= 11 is 0. The number of anilines is 1. The van der Waals surface area contributed by atoms with Gasteiger partial charge in [-0.05, 0) is 34.7 Å². The van der Waals surface area contributed by atoms with Crippen LogP contribution in [0.15, 0.2) is 77.8 Å². The lowest BCUT2D eigenvalue weighted by Gasteiger charge is -2.32. The van der Waals surface area contributed by atoms with Gasteiger partial charge in [-0.15, -0.1) is 0 Å². The fraction of sp³-hybridized carbons (Fsp3) is 0.233. The highest BCUT2D eigenvalue weighted by atomic mass is 19.1. The van der Waals surface area contributed by atoms with Gasteiger partial charge >= 0.3 is 0 Å². The summed E-state index contributed by atoms with van der Waals surface area (Å²) < 4.78 is 30.2. The number of amides is 1. The van der Waals surface area contributed by atoms with Crippen LogP contribution >= 0.6 is 0 Å². The number of carbonyl (C=O) groups excluding carboxylic acids is 1. The Balaban J connectivity index is 1.50. The Morgan fingerprint density at radius 1 is 0.921 bits per heavy atom. The number of benzene rings is 3. The molecule has 0 bridgehead atoms. The third-order valence-corrected chi connectivity index (χ3v) is 7.18. The summed E-state index contributed by atoms with van der Waals surface area (Å²) in [5.41, 5.74) is 3.68. The van der Waals surface area contributed by atoms with Crippen LogP contribution < -0.4 is 4.90 Å². The predicted molar refractivity (Wildman–Crippen MR) is 144 cm³/mol. The number of imidazole rings is 1. The number of rotatable bonds is 5. The van der Waals surface area contributed by atoms with E-state index in [0.717, 1.165) is 22.8 Å². The van der Waals surface area contributed by atoms with Crippen molar-refractivity contribution in [2.75, 3.05) is 18.5 Å². The van der Waals surface area contributed by atoms with Crippen LogP contribution in [-0.4, -0.2) is 46.0 Å². The van der Waals surface area contributed by atoms with Gasteiger partial charge in [0, 0.05) is 18.7 Å². The zero-order chi connectivity index (χ0) is 26.6. The second-order valence-electron chi connectivity index (χ2n) is 10.1. The van der Waals surface area contributed by atoms with Crippen LogP contribution in [0.5, 0.6) is 0 Å². The summed E-state index contributed by atoms with van der Waals surface area (Å²) in [5.74, 6) is 0.434. The van der Waals surface area contributed by atoms with Gasteiger partial charge in [-0.3, -0.25) is 14.6 Å². The van der Waals surface area contributed by atoms with Gasteiger partial charge in [-0.25, -0.2) is 18.8 Å². The average molecular weight is 512 g/mol. The molecule has 3 heterocycles. The third kappa shape index (κ3) is 4.06. The molecule has 1 amide bonds. The summed E-state index contributed by atoms with van der Waals surface area (Å²) in [4.78, 5) is 26.6. The molecular weight excluding hydrogens is 484 g/mol. The van der Waals surface area contributed by atoms with Crippen molar-refractivity contribution in [3.8, 4) is 22.5 Å². The molecule has 0 spiro atoms. The molecule has 0 radical (unpaired) electrons. The topological polar surface area (TPSA) is 53.7 Å². The van der Waals surface area contributed by atoms with Gasteiger partial charge in [-0.1, -0.05) is 68.4 Å². The lowest BCUT2D eigenvalue weighted by atomic mass is 10.0. The van der Waals surface area contributed by atoms with E-state index in [4.69, 9.17) is 9.98 Å². The van der Waals surface area contributed by atoms with E-state index in [0.29, 0.717) is 35.4 Å². The highest BCUT2D eigenvalue weighted by Crippen LogP contribution is 2.37. The molecular formula is C30H27F2N5O. The minimum atomic E-state index is -0.651. The van der Waals surface area contributed by atoms with Gasteiger partial charge < -0.3 is 4.57 Å². The maximum Gasteiger partial charge on any atom is 0.282 e. The lowest BCUT2D eigenvalue weighted by Crippen LogP contribution is -2.49. The minimum absolute atomic E-state index is 0.00905. The second-order valence-corrected chi connectivity index (χ2v) is 10.1. The Labute approximate surface area is 219 Å². The number of aliphatic imine (C=N–C) groups is 1. The summed E-state index contributed by atoms with van der Waals surface area (Å²) in [5, 5.41) is 0. The standard InChI is InChI=1S/C30H27F2N5O/c1-18(2)25-17-37-28-26(29(38)35(3)30(37)33-25)34-27(36(28)16-19-13-23(31)15-24(32)14-19)22-11-9-21(10-12-22)20-7-5-4-6-8-20/h4-15,18,25H,16-17H2,1-3H3/t25-/m0/s1. The van der Waals surface area contributed by atoms with Crippen molar-refractivity contribution in [1.29, 1.82) is 0 Å². The largest absolute Gasteiger partial charge is 0.305 e. The number of nitrogens with zero attached hydrogens (tertiary/aromatic N) is 5. The number of halogens is 2. The van der Waals surface area contributed by atoms with E-state index in [9.17, 15) is 13.6 Å². The molecule has 0 N–H and O–H groups in total. The van der Waals surface area contributed by atoms with Gasteiger partial charge in [0.2, 0.25) is 5.96 Å². The number of fused-ring (bicyclic) bond motifs is 3. The van der Waals surface area contributed by atoms with Crippen LogP contribution in [-0.2, 0) is 6.54 Å². The molecule has 2 aliphatic heterocycles. The van der Waals surface area contributed by atoms with Crippen molar-refractivity contribution in [1.82, 2.24) is 14.5 Å². The van der Waals surface area contributed by atoms with E-state index < -0.39 is 11.6 Å². The maximum atomic E-state index is 14.1. The number of carbonyl (C=O) groups is 1. The van der Waals surface area contributed by atoms with Crippen molar-refractivity contribution >= 4 is 17.7 Å². The molecule has 1 atom stereocenters. The van der Waals surface area contributed by atoms with E-state index in [2.05, 4.69) is 13.8 Å². The van der Waals surface area contributed by atoms with Crippen molar-refractivity contribution in [3.05, 3.63) is 95.7 Å². The number of hydrogen-bond donors (Lipinski definition) is 0. The molecule has 0 saturated carbocycles. The number of guanidine groups is 1. The van der Waals surface area contributed by atoms with Crippen molar-refractivity contribution in [2.24, 2.45) is 10.9 Å². The molecule has 0 saturated heterocycles. The van der Waals surface area contributed by atoms with E-state index in [1.165, 1.54) is 17.0 Å². The number of aromatic nitrogens is 2. The SMILES string of the molecule is CC(C)[C@@H]1CN2C(=N1)N(C)C(=O)c1nc(-c3ccc(-c4ccccc4)cc3)n(Cc3cc(F)cc(F)c3)c12. The summed E-state index contributed by atoms with van der Waals surface area (Å²) in [6, 6.07) is 21.5. The van der Waals surface area contributed by atoms with Gasteiger partial charge in [0.05, 0.1) is 19.1 Å². The van der Waals surface area contributed by atoms with Crippen LogP contribution in [0.2, 0.25) is 0 Å². The van der Waals surface area contributed by atoms with E-state index in [1.54, 1.807) is 7.05 Å². The Morgan fingerprint density at radius 3 is 2.21 bits per heavy atom. The molecule has 4 aromatic rings. The quantitative estimate of drug-likeness (QED) is 0.339. The van der Waals surface area contributed by atoms with E-state index >= 15 is 0 Å². The molecule has 3 aromatic carbocycles. The van der Waals surface area contributed by atoms with Gasteiger partial charge in [0.1, 0.15) is 23.3 Å². The first-order chi connectivity index (χ1) is 18.3. The molecule has 0 unspecified atom stereocenters. The minimum Gasteiger partial charge on any atom is -0.305 e. The smallest absolute Gasteiger partial charge is 0.282 e. The average Bonchev–Trinajstić information content (AvgIpc) is 3.50. The highest BCUT2D eigenvalue weighted by molar-refractivity contribution is 6.18. The van der Waals surface area contributed by atoms with Gasteiger partial charge in [0.25, 0.3) is 5.91 Å². The van der Waals surface area contributed by atoms with Crippen LogP contribution in [0.1, 0.15) is 29.9 Å². The molecule has 38 heavy (non-hydrogen) atoms. The zero-order valence-corrected chi connectivity index (χ0v) is 21.4. The first kappa shape index (κ1) is 24.0. The summed E-state index contributed by atoms with van der Waals surface area (Å²) in [7, 11) is 1.70. The molecule has 192 valence electrons. The van der Waals surface area contributed by atoms with Crippen LogP contribution in [0, 0.1) is 17.6 Å². The van der Waals surface area contributed by atoms with Crippen LogP contribution in [0.25, 0.3) is 22.5 Å². The maximum absolute atomic E-state index is 14.1. The van der Waals surface area contributed by atoms with Gasteiger partial charge in [-0.2, -0.15) is 0 Å². The molecule has 1 aromatic heterocycles. The fourth-order valence-electron chi connectivity index (χ4n) is 5.14. The van der Waals surface area contributed by atoms with Crippen molar-refractivity contribution in [3.63, 3.8) is 0 Å². The molecule has 2 aliphatic rings. The monoisotopic (exact) mass is 511 g/mol. The van der Waals surface area contributed by atoms with Crippen LogP contribution in [0.4, 0.5) is 14.6 Å². The Morgan fingerprint density at radius 2 is 1.55 bits per heavy atom. The number of hydrogen-bond acceptors (Lipinski definition) is 4. The highest BCUT2D eigenvalue weighted by Gasteiger charge is 2.43. The lowest BCUT2D eigenvalue weighted by molar-refractivity contribution is 0.0860. The third-order valence-electron chi connectivity index (χ3n) is 7.18. The molecule has 8 heteroatoms. The normalized spacial score (nSPS) is 16.6. The predicted octanol–water partition coefficient (Wildman–Crippen LogP) is 5.83. The molecule has 0 aliphatic carbocycles. The van der Waals surface area contributed by atoms with Crippen molar-refractivity contribution in [2.45, 2.75) is 26.4 Å². The van der Waals surface area contributed by atoms with Crippen LogP contribution in [0.3, 0.4) is 0 Å². The van der Waals surface area contributed by atoms with Crippen molar-refractivity contribution < 1.29 is 13.6 Å². The molecule has 0 fully saturated rings. The fourth-order valence-corrected chi connectivity index (χ4v) is 5.14. The Kier molecular flexibility index (Phi) is 5.82. The van der Waals surface area contributed by atoms with E-state index in [1.807, 2.05) is 64.1 Å². The first-order valence-corrected chi connectivity index (χ1v) is 12.6. The second kappa shape index (κ2) is 9.20. The van der Waals surface area contributed by atoms with Gasteiger partial charge in [0.15, 0.2) is 5.69 Å². The zero-order valence-electron chi connectivity index (χ0n) is 21.4. The van der Waals surface area contributed by atoms with E-state index in [-0.39, 0.29) is 24.4 Å². The summed E-state index contributed by atoms with van der Waals surface area (Å²) in [6.07, 6.45) is 0. The first-order valence-electron chi connectivity index (χ1n) is 12.6.